The molecule has 1 aromatic carbocycles. The van der Waals surface area contributed by atoms with Gasteiger partial charge in [-0.25, -0.2) is 0 Å². The Morgan fingerprint density at radius 3 is 2.65 bits per heavy atom. The lowest BCUT2D eigenvalue weighted by atomic mass is 10.1. The smallest absolute Gasteiger partial charge is 0.221 e. The van der Waals surface area contributed by atoms with E-state index in [0.29, 0.717) is 25.1 Å². The highest BCUT2D eigenvalue weighted by molar-refractivity contribution is 5.76. The highest BCUT2D eigenvalue weighted by Gasteiger charge is 2.00. The molecule has 0 aliphatic rings. The second kappa shape index (κ2) is 7.42. The monoisotopic (exact) mass is 231 g/mol. The van der Waals surface area contributed by atoms with Crippen LogP contribution in [0.5, 0.6) is 0 Å². The quantitative estimate of drug-likeness (QED) is 0.722. The van der Waals surface area contributed by atoms with Crippen molar-refractivity contribution in [3.63, 3.8) is 0 Å². The van der Waals surface area contributed by atoms with Crippen LogP contribution in [0.4, 0.5) is 0 Å². The number of hydrogen-bond acceptors (Lipinski definition) is 3. The molecule has 0 radical (unpaired) electrons. The molecule has 0 spiro atoms. The van der Waals surface area contributed by atoms with Crippen molar-refractivity contribution < 1.29 is 4.79 Å². The summed E-state index contributed by atoms with van der Waals surface area (Å²) in [5, 5.41) is 14.6. The van der Waals surface area contributed by atoms with Gasteiger partial charge in [-0.3, -0.25) is 4.79 Å². The minimum atomic E-state index is 0.0373. The molecule has 1 amide bonds. The Balaban J connectivity index is 2.30. The van der Waals surface area contributed by atoms with E-state index in [1.807, 2.05) is 19.1 Å². The number of hydrogen-bond donors (Lipinski definition) is 2. The fraction of sp³-hybridized carbons (Fsp3) is 0.385. The van der Waals surface area contributed by atoms with E-state index in [2.05, 4.69) is 16.7 Å². The Morgan fingerprint density at radius 2 is 2.06 bits per heavy atom. The van der Waals surface area contributed by atoms with Crippen LogP contribution in [-0.4, -0.2) is 19.0 Å². The number of carbonyl (C=O) groups excluding carboxylic acids is 1. The molecule has 0 atom stereocenters. The fourth-order valence-corrected chi connectivity index (χ4v) is 1.36. The van der Waals surface area contributed by atoms with Crippen LogP contribution in [0.3, 0.4) is 0 Å². The van der Waals surface area contributed by atoms with Gasteiger partial charge in [-0.2, -0.15) is 5.26 Å². The Kier molecular flexibility index (Phi) is 5.76. The second-order valence-corrected chi connectivity index (χ2v) is 3.69. The third-order valence-corrected chi connectivity index (χ3v) is 2.35. The van der Waals surface area contributed by atoms with Crippen LogP contribution in [0.15, 0.2) is 24.3 Å². The maximum Gasteiger partial charge on any atom is 0.221 e. The zero-order chi connectivity index (χ0) is 12.5. The number of benzene rings is 1. The highest BCUT2D eigenvalue weighted by atomic mass is 16.1. The van der Waals surface area contributed by atoms with Gasteiger partial charge in [0, 0.05) is 19.5 Å². The summed E-state index contributed by atoms with van der Waals surface area (Å²) in [7, 11) is 0. The van der Waals surface area contributed by atoms with Crippen molar-refractivity contribution in [3.8, 4) is 6.07 Å². The summed E-state index contributed by atoms with van der Waals surface area (Å²) >= 11 is 0. The Morgan fingerprint density at radius 1 is 1.35 bits per heavy atom. The van der Waals surface area contributed by atoms with Gasteiger partial charge in [-0.1, -0.05) is 19.1 Å². The predicted molar refractivity (Wildman–Crippen MR) is 66.2 cm³/mol. The lowest BCUT2D eigenvalue weighted by Gasteiger charge is -2.05. The Hall–Kier alpha value is -1.86. The van der Waals surface area contributed by atoms with E-state index in [4.69, 9.17) is 5.26 Å². The molecule has 2 N–H and O–H groups in total. The lowest BCUT2D eigenvalue weighted by molar-refractivity contribution is -0.121. The summed E-state index contributed by atoms with van der Waals surface area (Å²) in [4.78, 5) is 11.4. The van der Waals surface area contributed by atoms with Gasteiger partial charge >= 0.3 is 0 Å². The zero-order valence-electron chi connectivity index (χ0n) is 9.99. The summed E-state index contributed by atoms with van der Waals surface area (Å²) in [6.45, 7) is 4.10. The Bertz CT molecular complexity index is 392. The molecule has 0 saturated heterocycles. The van der Waals surface area contributed by atoms with Crippen molar-refractivity contribution in [1.29, 1.82) is 5.26 Å². The molecule has 0 aromatic heterocycles. The summed E-state index contributed by atoms with van der Waals surface area (Å²) in [6.07, 6.45) is 0.490. The minimum absolute atomic E-state index is 0.0373. The van der Waals surface area contributed by atoms with E-state index < -0.39 is 0 Å². The van der Waals surface area contributed by atoms with Gasteiger partial charge in [-0.05, 0) is 24.2 Å². The number of amides is 1. The summed E-state index contributed by atoms with van der Waals surface area (Å²) in [5.74, 6) is 0.0373. The third-order valence-electron chi connectivity index (χ3n) is 2.35. The largest absolute Gasteiger partial charge is 0.352 e. The van der Waals surface area contributed by atoms with Crippen LogP contribution < -0.4 is 10.6 Å². The lowest BCUT2D eigenvalue weighted by Crippen LogP contribution is -2.27. The van der Waals surface area contributed by atoms with E-state index in [0.717, 1.165) is 12.1 Å². The maximum atomic E-state index is 11.4. The van der Waals surface area contributed by atoms with Crippen molar-refractivity contribution >= 4 is 5.91 Å². The van der Waals surface area contributed by atoms with Crippen LogP contribution in [0.2, 0.25) is 0 Å². The van der Waals surface area contributed by atoms with Crippen LogP contribution in [0.25, 0.3) is 0 Å². The molecule has 0 unspecified atom stereocenters. The van der Waals surface area contributed by atoms with Crippen LogP contribution in [0, 0.1) is 11.3 Å². The van der Waals surface area contributed by atoms with Gasteiger partial charge in [0.05, 0.1) is 11.6 Å². The molecule has 17 heavy (non-hydrogen) atoms. The van der Waals surface area contributed by atoms with Gasteiger partial charge in [0.1, 0.15) is 0 Å². The molecule has 0 heterocycles. The van der Waals surface area contributed by atoms with E-state index in [-0.39, 0.29) is 5.91 Å². The molecule has 4 nitrogen and oxygen atoms in total. The number of rotatable bonds is 6. The van der Waals surface area contributed by atoms with Gasteiger partial charge in [0.15, 0.2) is 0 Å². The Labute approximate surface area is 102 Å². The molecule has 0 saturated carbocycles. The van der Waals surface area contributed by atoms with Crippen molar-refractivity contribution in [2.75, 3.05) is 13.1 Å². The molecule has 0 bridgehead atoms. The van der Waals surface area contributed by atoms with Gasteiger partial charge < -0.3 is 10.6 Å². The SMILES string of the molecule is CCNCCC(=O)NCc1ccc(C#N)cc1. The average molecular weight is 231 g/mol. The topological polar surface area (TPSA) is 64.9 Å². The summed E-state index contributed by atoms with van der Waals surface area (Å²) in [6, 6.07) is 9.26. The van der Waals surface area contributed by atoms with Crippen LogP contribution in [-0.2, 0) is 11.3 Å². The summed E-state index contributed by atoms with van der Waals surface area (Å²) < 4.78 is 0. The normalized spacial score (nSPS) is 9.65. The molecule has 1 rings (SSSR count). The number of nitriles is 1. The third kappa shape index (κ3) is 5.14. The van der Waals surface area contributed by atoms with Crippen LogP contribution in [0.1, 0.15) is 24.5 Å². The number of nitrogens with zero attached hydrogens (tertiary/aromatic N) is 1. The van der Waals surface area contributed by atoms with Crippen molar-refractivity contribution in [2.24, 2.45) is 0 Å². The first-order valence-electron chi connectivity index (χ1n) is 5.72. The van der Waals surface area contributed by atoms with E-state index in [9.17, 15) is 4.79 Å². The summed E-state index contributed by atoms with van der Waals surface area (Å²) in [5.41, 5.74) is 1.63. The molecule has 0 aliphatic heterocycles. The average Bonchev–Trinajstić information content (AvgIpc) is 2.37. The van der Waals surface area contributed by atoms with Crippen molar-refractivity contribution in [3.05, 3.63) is 35.4 Å². The molecule has 90 valence electrons. The minimum Gasteiger partial charge on any atom is -0.352 e. The first-order valence-corrected chi connectivity index (χ1v) is 5.72. The highest BCUT2D eigenvalue weighted by Crippen LogP contribution is 2.02. The molecular formula is C13H17N3O. The predicted octanol–water partition coefficient (Wildman–Crippen LogP) is 1.17. The molecule has 0 fully saturated rings. The zero-order valence-corrected chi connectivity index (χ0v) is 9.99. The van der Waals surface area contributed by atoms with Gasteiger partial charge in [0.2, 0.25) is 5.91 Å². The first-order chi connectivity index (χ1) is 8.26. The maximum absolute atomic E-state index is 11.4. The van der Waals surface area contributed by atoms with Gasteiger partial charge in [0.25, 0.3) is 0 Å². The molecule has 1 aromatic rings. The van der Waals surface area contributed by atoms with Gasteiger partial charge in [-0.15, -0.1) is 0 Å². The van der Waals surface area contributed by atoms with Crippen LogP contribution >= 0.6 is 0 Å². The van der Waals surface area contributed by atoms with Crippen molar-refractivity contribution in [1.82, 2.24) is 10.6 Å². The van der Waals surface area contributed by atoms with E-state index in [1.54, 1.807) is 12.1 Å². The van der Waals surface area contributed by atoms with E-state index in [1.165, 1.54) is 0 Å². The number of nitrogens with one attached hydrogen (secondary N) is 2. The number of carbonyl (C=O) groups is 1. The molecule has 4 heteroatoms. The molecular weight excluding hydrogens is 214 g/mol. The standard InChI is InChI=1S/C13H17N3O/c1-2-15-8-7-13(17)16-10-12-5-3-11(9-14)4-6-12/h3-6,15H,2,7-8,10H2,1H3,(H,16,17). The first kappa shape index (κ1) is 13.2. The second-order valence-electron chi connectivity index (χ2n) is 3.69. The fourth-order valence-electron chi connectivity index (χ4n) is 1.36. The van der Waals surface area contributed by atoms with E-state index >= 15 is 0 Å². The van der Waals surface area contributed by atoms with Crippen molar-refractivity contribution in [2.45, 2.75) is 19.9 Å². The molecule has 0 aliphatic carbocycles.